The second kappa shape index (κ2) is 6.67. The fourth-order valence-corrected chi connectivity index (χ4v) is 2.38. The molecule has 0 spiro atoms. The summed E-state index contributed by atoms with van der Waals surface area (Å²) in [4.78, 5) is 0. The van der Waals surface area contributed by atoms with Crippen molar-refractivity contribution in [3.63, 3.8) is 0 Å². The van der Waals surface area contributed by atoms with Gasteiger partial charge in [0.15, 0.2) is 5.75 Å². The van der Waals surface area contributed by atoms with Crippen LogP contribution in [0.15, 0.2) is 22.7 Å². The summed E-state index contributed by atoms with van der Waals surface area (Å²) in [7, 11) is 0. The molecule has 20 heavy (non-hydrogen) atoms. The molecule has 1 aliphatic heterocycles. The van der Waals surface area contributed by atoms with Crippen LogP contribution in [0.1, 0.15) is 19.3 Å². The van der Waals surface area contributed by atoms with Crippen molar-refractivity contribution >= 4 is 21.6 Å². The lowest BCUT2D eigenvalue weighted by atomic mass is 10.1. The Hall–Kier alpha value is -0.950. The second-order valence-corrected chi connectivity index (χ2v) is 5.47. The fraction of sp³-hybridized carbons (Fsp3) is 0.538. The smallest absolute Gasteiger partial charge is 0.404 e. The number of rotatable bonds is 4. The molecule has 2 rings (SSSR count). The summed E-state index contributed by atoms with van der Waals surface area (Å²) in [6, 6.07) is 4.50. The number of alkyl halides is 3. The molecule has 1 heterocycles. The Kier molecular flexibility index (Phi) is 5.15. The van der Waals surface area contributed by atoms with Gasteiger partial charge in [0.05, 0.1) is 11.8 Å². The molecule has 1 atom stereocenters. The lowest BCUT2D eigenvalue weighted by Crippen LogP contribution is -2.27. The van der Waals surface area contributed by atoms with Crippen LogP contribution >= 0.6 is 15.9 Å². The molecule has 0 radical (unpaired) electrons. The van der Waals surface area contributed by atoms with Crippen LogP contribution in [0.4, 0.5) is 18.9 Å². The molecule has 1 fully saturated rings. The van der Waals surface area contributed by atoms with Gasteiger partial charge in [-0.2, -0.15) is 0 Å². The molecule has 0 aromatic heterocycles. The van der Waals surface area contributed by atoms with E-state index in [4.69, 9.17) is 4.74 Å². The van der Waals surface area contributed by atoms with E-state index >= 15 is 0 Å². The Balaban J connectivity index is 2.02. The fourth-order valence-electron chi connectivity index (χ4n) is 2.04. The normalized spacial score (nSPS) is 19.7. The third-order valence-electron chi connectivity index (χ3n) is 2.96. The van der Waals surface area contributed by atoms with Crippen molar-refractivity contribution in [1.82, 2.24) is 0 Å². The number of benzene rings is 1. The molecule has 3 nitrogen and oxygen atoms in total. The first-order valence-electron chi connectivity index (χ1n) is 6.35. The van der Waals surface area contributed by atoms with Crippen molar-refractivity contribution in [3.05, 3.63) is 22.7 Å². The van der Waals surface area contributed by atoms with Crippen LogP contribution in [0.2, 0.25) is 0 Å². The molecule has 1 aromatic carbocycles. The van der Waals surface area contributed by atoms with Crippen LogP contribution in [0, 0.1) is 0 Å². The predicted molar refractivity (Wildman–Crippen MR) is 72.9 cm³/mol. The standard InChI is InChI=1S/C13H15BrF3NO2/c14-9-4-5-11(12(7-9)20-13(15,16)17)18-8-10-3-1-2-6-19-10/h4-5,7,10,18H,1-3,6,8H2. The molecule has 7 heteroatoms. The molecule has 1 aliphatic rings. The van der Waals surface area contributed by atoms with Crippen molar-refractivity contribution in [2.45, 2.75) is 31.7 Å². The first-order valence-corrected chi connectivity index (χ1v) is 7.14. The third-order valence-corrected chi connectivity index (χ3v) is 3.46. The first-order chi connectivity index (χ1) is 9.44. The molecule has 112 valence electrons. The van der Waals surface area contributed by atoms with Gasteiger partial charge in [-0.05, 0) is 37.5 Å². The highest BCUT2D eigenvalue weighted by molar-refractivity contribution is 9.10. The van der Waals surface area contributed by atoms with E-state index in [0.717, 1.165) is 19.3 Å². The van der Waals surface area contributed by atoms with Crippen molar-refractivity contribution in [3.8, 4) is 5.75 Å². The van der Waals surface area contributed by atoms with Gasteiger partial charge in [-0.25, -0.2) is 0 Å². The van der Waals surface area contributed by atoms with Gasteiger partial charge in [-0.15, -0.1) is 13.2 Å². The summed E-state index contributed by atoms with van der Waals surface area (Å²) >= 11 is 3.13. The molecule has 1 unspecified atom stereocenters. The summed E-state index contributed by atoms with van der Waals surface area (Å²) in [6.07, 6.45) is -1.64. The van der Waals surface area contributed by atoms with Gasteiger partial charge in [0.25, 0.3) is 0 Å². The molecule has 0 amide bonds. The Morgan fingerprint density at radius 3 is 2.80 bits per heavy atom. The molecule has 0 saturated carbocycles. The zero-order valence-corrected chi connectivity index (χ0v) is 12.3. The van der Waals surface area contributed by atoms with Crippen molar-refractivity contribution < 1.29 is 22.6 Å². The molecule has 1 saturated heterocycles. The van der Waals surface area contributed by atoms with Crippen LogP contribution in [0.3, 0.4) is 0 Å². The maximum absolute atomic E-state index is 12.4. The summed E-state index contributed by atoms with van der Waals surface area (Å²) in [5.74, 6) is -0.248. The van der Waals surface area contributed by atoms with E-state index in [9.17, 15) is 13.2 Å². The molecule has 0 bridgehead atoms. The number of hydrogen-bond donors (Lipinski definition) is 1. The predicted octanol–water partition coefficient (Wildman–Crippen LogP) is 4.33. The van der Waals surface area contributed by atoms with Gasteiger partial charge in [-0.1, -0.05) is 15.9 Å². The second-order valence-electron chi connectivity index (χ2n) is 4.56. The van der Waals surface area contributed by atoms with Crippen molar-refractivity contribution in [2.75, 3.05) is 18.5 Å². The van der Waals surface area contributed by atoms with Crippen LogP contribution < -0.4 is 10.1 Å². The average Bonchev–Trinajstić information content (AvgIpc) is 2.37. The van der Waals surface area contributed by atoms with Crippen molar-refractivity contribution in [1.29, 1.82) is 0 Å². The van der Waals surface area contributed by atoms with Gasteiger partial charge >= 0.3 is 6.36 Å². The zero-order valence-electron chi connectivity index (χ0n) is 10.7. The maximum atomic E-state index is 12.4. The van der Waals surface area contributed by atoms with Crippen LogP contribution in [0.25, 0.3) is 0 Å². The maximum Gasteiger partial charge on any atom is 0.573 e. The topological polar surface area (TPSA) is 30.5 Å². The van der Waals surface area contributed by atoms with E-state index in [1.54, 1.807) is 12.1 Å². The number of halogens is 4. The van der Waals surface area contributed by atoms with Gasteiger partial charge in [-0.3, -0.25) is 0 Å². The van der Waals surface area contributed by atoms with Gasteiger partial charge in [0.2, 0.25) is 0 Å². The summed E-state index contributed by atoms with van der Waals surface area (Å²) in [5.41, 5.74) is 0.305. The summed E-state index contributed by atoms with van der Waals surface area (Å²) in [6.45, 7) is 1.18. The number of anilines is 1. The Morgan fingerprint density at radius 2 is 2.15 bits per heavy atom. The third kappa shape index (κ3) is 4.86. The van der Waals surface area contributed by atoms with Crippen LogP contribution in [-0.4, -0.2) is 25.6 Å². The van der Waals surface area contributed by atoms with Crippen LogP contribution in [-0.2, 0) is 4.74 Å². The Morgan fingerprint density at radius 1 is 1.35 bits per heavy atom. The SMILES string of the molecule is FC(F)(F)Oc1cc(Br)ccc1NCC1CCCCO1. The quantitative estimate of drug-likeness (QED) is 0.873. The minimum Gasteiger partial charge on any atom is -0.404 e. The van der Waals surface area contributed by atoms with E-state index in [0.29, 0.717) is 23.3 Å². The van der Waals surface area contributed by atoms with Crippen molar-refractivity contribution in [2.24, 2.45) is 0 Å². The Labute approximate surface area is 123 Å². The number of nitrogens with one attached hydrogen (secondary N) is 1. The average molecular weight is 354 g/mol. The van der Waals surface area contributed by atoms with E-state index in [1.807, 2.05) is 0 Å². The van der Waals surface area contributed by atoms with Gasteiger partial charge in [0.1, 0.15) is 0 Å². The highest BCUT2D eigenvalue weighted by Crippen LogP contribution is 2.33. The minimum atomic E-state index is -4.71. The summed E-state index contributed by atoms with van der Waals surface area (Å²) < 4.78 is 47.1. The molecule has 0 aliphatic carbocycles. The largest absolute Gasteiger partial charge is 0.573 e. The minimum absolute atomic E-state index is 0.0335. The summed E-state index contributed by atoms with van der Waals surface area (Å²) in [5, 5.41) is 2.96. The van der Waals surface area contributed by atoms with Gasteiger partial charge < -0.3 is 14.8 Å². The highest BCUT2D eigenvalue weighted by Gasteiger charge is 2.32. The molecule has 1 N–H and O–H groups in total. The van der Waals surface area contributed by atoms with E-state index in [1.165, 1.54) is 6.07 Å². The lowest BCUT2D eigenvalue weighted by molar-refractivity contribution is -0.274. The lowest BCUT2D eigenvalue weighted by Gasteiger charge is -2.24. The van der Waals surface area contributed by atoms with Gasteiger partial charge in [0, 0.05) is 17.6 Å². The first kappa shape index (κ1) is 15.4. The van der Waals surface area contributed by atoms with Crippen LogP contribution in [0.5, 0.6) is 5.75 Å². The zero-order chi connectivity index (χ0) is 14.6. The number of hydrogen-bond acceptors (Lipinski definition) is 3. The number of ether oxygens (including phenoxy) is 2. The van der Waals surface area contributed by atoms with E-state index in [-0.39, 0.29) is 11.9 Å². The monoisotopic (exact) mass is 353 g/mol. The van der Waals surface area contributed by atoms with E-state index in [2.05, 4.69) is 26.0 Å². The molecular formula is C13H15BrF3NO2. The Bertz CT molecular complexity index is 448. The van der Waals surface area contributed by atoms with E-state index < -0.39 is 6.36 Å². The highest BCUT2D eigenvalue weighted by atomic mass is 79.9. The molecular weight excluding hydrogens is 339 g/mol. The molecule has 1 aromatic rings.